The largest absolute Gasteiger partial charge is 0.383 e. The summed E-state index contributed by atoms with van der Waals surface area (Å²) >= 11 is 0. The first-order valence-corrected chi connectivity index (χ1v) is 8.01. The summed E-state index contributed by atoms with van der Waals surface area (Å²) in [4.78, 5) is 4.14. The monoisotopic (exact) mass is 304 g/mol. The number of nitrogens with two attached hydrogens (primary N) is 1. The summed E-state index contributed by atoms with van der Waals surface area (Å²) in [7, 11) is -0.576. The van der Waals surface area contributed by atoms with E-state index < -0.39 is 10.0 Å². The highest BCUT2D eigenvalue weighted by Crippen LogP contribution is 2.14. The van der Waals surface area contributed by atoms with Gasteiger partial charge in [0.05, 0.1) is 6.61 Å². The fraction of sp³-hybridized carbons (Fsp3) is 0.750. The summed E-state index contributed by atoms with van der Waals surface area (Å²) in [6, 6.07) is -0.362. The summed E-state index contributed by atoms with van der Waals surface area (Å²) in [5.41, 5.74) is 5.79. The summed E-state index contributed by atoms with van der Waals surface area (Å²) in [6.45, 7) is 5.08. The van der Waals surface area contributed by atoms with Crippen molar-refractivity contribution >= 4 is 10.0 Å². The van der Waals surface area contributed by atoms with Gasteiger partial charge in [-0.1, -0.05) is 6.92 Å². The average Bonchev–Trinajstić information content (AvgIpc) is 2.72. The number of methoxy groups -OCH3 is 1. The van der Waals surface area contributed by atoms with Crippen molar-refractivity contribution in [1.29, 1.82) is 0 Å². The van der Waals surface area contributed by atoms with E-state index >= 15 is 0 Å². The van der Waals surface area contributed by atoms with Gasteiger partial charge in [-0.2, -0.15) is 4.31 Å². The number of sulfonamides is 1. The first-order chi connectivity index (χ1) is 9.32. The Hall–Kier alpha value is -0.960. The Balaban J connectivity index is 2.89. The van der Waals surface area contributed by atoms with E-state index in [0.717, 1.165) is 13.0 Å². The summed E-state index contributed by atoms with van der Waals surface area (Å²) < 4.78 is 32.8. The quantitative estimate of drug-likeness (QED) is 0.740. The smallest absolute Gasteiger partial charge is 0.261 e. The molecule has 0 saturated heterocycles. The fourth-order valence-corrected chi connectivity index (χ4v) is 3.14. The van der Waals surface area contributed by atoms with Crippen molar-refractivity contribution in [3.63, 3.8) is 0 Å². The molecule has 0 fully saturated rings. The summed E-state index contributed by atoms with van der Waals surface area (Å²) in [5, 5.41) is 0.0653. The summed E-state index contributed by atoms with van der Waals surface area (Å²) in [6.07, 6.45) is 2.50. The number of nitrogens with zero attached hydrogens (tertiary/aromatic N) is 3. The second-order valence-electron chi connectivity index (χ2n) is 4.82. The normalized spacial score (nSPS) is 13.9. The molecule has 8 heteroatoms. The Bertz CT molecular complexity index is 527. The molecule has 0 bridgehead atoms. The van der Waals surface area contributed by atoms with Crippen LogP contribution in [0.2, 0.25) is 0 Å². The molecule has 0 aliphatic rings. The molecule has 1 aromatic rings. The number of likely N-dealkylation sites (N-methyl/N-ethyl adjacent to an activating group) is 1. The molecule has 1 unspecified atom stereocenters. The number of imidazole rings is 1. The van der Waals surface area contributed by atoms with Crippen LogP contribution in [0.5, 0.6) is 0 Å². The van der Waals surface area contributed by atoms with Crippen LogP contribution in [0.4, 0.5) is 0 Å². The lowest BCUT2D eigenvalue weighted by atomic mass is 10.3. The number of hydrogen-bond acceptors (Lipinski definition) is 5. The molecule has 2 N–H and O–H groups in total. The predicted octanol–water partition coefficient (Wildman–Crippen LogP) is 0.196. The topological polar surface area (TPSA) is 90.5 Å². The van der Waals surface area contributed by atoms with Crippen LogP contribution >= 0.6 is 0 Å². The maximum atomic E-state index is 12.4. The average molecular weight is 304 g/mol. The second kappa shape index (κ2) is 7.16. The molecule has 1 heterocycles. The van der Waals surface area contributed by atoms with Crippen LogP contribution < -0.4 is 5.73 Å². The lowest BCUT2D eigenvalue weighted by Gasteiger charge is -2.19. The van der Waals surface area contributed by atoms with Gasteiger partial charge < -0.3 is 15.0 Å². The Morgan fingerprint density at radius 1 is 1.55 bits per heavy atom. The first-order valence-electron chi connectivity index (χ1n) is 6.57. The minimum absolute atomic E-state index is 0.0653. The van der Waals surface area contributed by atoms with Crippen molar-refractivity contribution in [1.82, 2.24) is 13.9 Å². The lowest BCUT2D eigenvalue weighted by molar-refractivity contribution is 0.173. The van der Waals surface area contributed by atoms with E-state index in [2.05, 4.69) is 4.98 Å². The Labute approximate surface area is 120 Å². The fourth-order valence-electron chi connectivity index (χ4n) is 1.93. The minimum Gasteiger partial charge on any atom is -0.383 e. The molecule has 0 saturated carbocycles. The molecule has 0 amide bonds. The third-order valence-electron chi connectivity index (χ3n) is 2.97. The van der Waals surface area contributed by atoms with Crippen LogP contribution in [0.3, 0.4) is 0 Å². The van der Waals surface area contributed by atoms with Crippen molar-refractivity contribution in [2.24, 2.45) is 5.73 Å². The molecule has 7 nitrogen and oxygen atoms in total. The Morgan fingerprint density at radius 2 is 2.20 bits per heavy atom. The molecule has 0 aliphatic heterocycles. The van der Waals surface area contributed by atoms with Gasteiger partial charge in [-0.05, 0) is 13.3 Å². The van der Waals surface area contributed by atoms with Crippen molar-refractivity contribution < 1.29 is 13.2 Å². The predicted molar refractivity (Wildman–Crippen MR) is 76.9 cm³/mol. The van der Waals surface area contributed by atoms with Gasteiger partial charge in [-0.25, -0.2) is 13.4 Å². The van der Waals surface area contributed by atoms with Gasteiger partial charge >= 0.3 is 0 Å². The molecule has 0 aromatic carbocycles. The van der Waals surface area contributed by atoms with Gasteiger partial charge in [0.15, 0.2) is 5.03 Å². The molecule has 116 valence electrons. The maximum Gasteiger partial charge on any atom is 0.261 e. The van der Waals surface area contributed by atoms with E-state index in [1.165, 1.54) is 18.5 Å². The molecular weight excluding hydrogens is 280 g/mol. The van der Waals surface area contributed by atoms with Crippen LogP contribution in [0.1, 0.15) is 19.2 Å². The molecule has 1 aromatic heterocycles. The number of ether oxygens (including phenoxy) is 1. The summed E-state index contributed by atoms with van der Waals surface area (Å²) in [5.74, 6) is 0.694. The number of rotatable bonds is 8. The standard InChI is InChI=1S/C12H24N4O3S/c1-5-6-16-8-12(14-10(16)2)20(17,18)15(3)7-11(13)9-19-4/h8,11H,5-7,9,13H2,1-4H3. The van der Waals surface area contributed by atoms with E-state index in [4.69, 9.17) is 10.5 Å². The molecule has 1 rings (SSSR count). The van der Waals surface area contributed by atoms with Crippen LogP contribution in [-0.2, 0) is 21.3 Å². The minimum atomic E-state index is -3.61. The van der Waals surface area contributed by atoms with E-state index in [-0.39, 0.29) is 17.6 Å². The Morgan fingerprint density at radius 3 is 2.75 bits per heavy atom. The number of aromatic nitrogens is 2. The van der Waals surface area contributed by atoms with Crippen molar-refractivity contribution in [3.05, 3.63) is 12.0 Å². The number of aryl methyl sites for hydroxylation is 2. The van der Waals surface area contributed by atoms with E-state index in [1.807, 2.05) is 11.5 Å². The van der Waals surface area contributed by atoms with Gasteiger partial charge in [0, 0.05) is 39.5 Å². The van der Waals surface area contributed by atoms with Crippen LogP contribution in [0.25, 0.3) is 0 Å². The molecule has 0 spiro atoms. The number of hydrogen-bond donors (Lipinski definition) is 1. The van der Waals surface area contributed by atoms with Crippen molar-refractivity contribution in [2.75, 3.05) is 27.3 Å². The SMILES string of the molecule is CCCn1cc(S(=O)(=O)N(C)CC(N)COC)nc1C. The molecule has 0 radical (unpaired) electrons. The molecule has 20 heavy (non-hydrogen) atoms. The third kappa shape index (κ3) is 4.02. The second-order valence-corrected chi connectivity index (χ2v) is 6.81. The molecule has 1 atom stereocenters. The highest BCUT2D eigenvalue weighted by Gasteiger charge is 2.25. The van der Waals surface area contributed by atoms with Gasteiger partial charge in [0.25, 0.3) is 10.0 Å². The zero-order chi connectivity index (χ0) is 15.3. The molecule has 0 aliphatic carbocycles. The van der Waals surface area contributed by atoms with E-state index in [9.17, 15) is 8.42 Å². The van der Waals surface area contributed by atoms with E-state index in [0.29, 0.717) is 12.4 Å². The van der Waals surface area contributed by atoms with E-state index in [1.54, 1.807) is 13.1 Å². The highest BCUT2D eigenvalue weighted by molar-refractivity contribution is 7.89. The van der Waals surface area contributed by atoms with Crippen molar-refractivity contribution in [3.8, 4) is 0 Å². The first kappa shape index (κ1) is 17.1. The zero-order valence-electron chi connectivity index (χ0n) is 12.5. The van der Waals surface area contributed by atoms with Crippen LogP contribution in [0.15, 0.2) is 11.2 Å². The molecular formula is C12H24N4O3S. The van der Waals surface area contributed by atoms with Gasteiger partial charge in [0.1, 0.15) is 5.82 Å². The van der Waals surface area contributed by atoms with Gasteiger partial charge in [0.2, 0.25) is 0 Å². The zero-order valence-corrected chi connectivity index (χ0v) is 13.4. The van der Waals surface area contributed by atoms with Gasteiger partial charge in [-0.3, -0.25) is 0 Å². The Kier molecular flexibility index (Phi) is 6.12. The highest BCUT2D eigenvalue weighted by atomic mass is 32.2. The third-order valence-corrected chi connectivity index (χ3v) is 4.66. The van der Waals surface area contributed by atoms with Crippen LogP contribution in [-0.4, -0.2) is 55.6 Å². The maximum absolute atomic E-state index is 12.4. The van der Waals surface area contributed by atoms with Gasteiger partial charge in [-0.15, -0.1) is 0 Å². The van der Waals surface area contributed by atoms with Crippen molar-refractivity contribution in [2.45, 2.75) is 37.9 Å². The van der Waals surface area contributed by atoms with Crippen LogP contribution in [0, 0.1) is 6.92 Å². The lowest BCUT2D eigenvalue weighted by Crippen LogP contribution is -2.41.